The summed E-state index contributed by atoms with van der Waals surface area (Å²) in [6, 6.07) is 8.32. The van der Waals surface area contributed by atoms with Crippen LogP contribution in [0.2, 0.25) is 0 Å². The van der Waals surface area contributed by atoms with Gasteiger partial charge in [0.05, 0.1) is 5.52 Å². The van der Waals surface area contributed by atoms with Gasteiger partial charge in [-0.1, -0.05) is 6.07 Å². The number of nitrogens with two attached hydrogens (primary N) is 1. The molecule has 1 atom stereocenters. The largest absolute Gasteiger partial charge is 0.399 e. The van der Waals surface area contributed by atoms with Crippen molar-refractivity contribution in [3.8, 4) is 0 Å². The Bertz CT molecular complexity index is 529. The molecule has 0 bridgehead atoms. The fourth-order valence-corrected chi connectivity index (χ4v) is 2.81. The van der Waals surface area contributed by atoms with Crippen molar-refractivity contribution in [2.75, 3.05) is 25.9 Å². The third-order valence-electron chi connectivity index (χ3n) is 3.74. The molecule has 3 nitrogen and oxygen atoms in total. The summed E-state index contributed by atoms with van der Waals surface area (Å²) in [5.41, 5.74) is 7.97. The van der Waals surface area contributed by atoms with Crippen molar-refractivity contribution in [3.05, 3.63) is 30.5 Å². The minimum Gasteiger partial charge on any atom is -0.399 e. The van der Waals surface area contributed by atoms with E-state index < -0.39 is 0 Å². The molecule has 1 aliphatic heterocycles. The average Bonchev–Trinajstić information content (AvgIpc) is 2.87. The van der Waals surface area contributed by atoms with Crippen LogP contribution in [0, 0.1) is 5.92 Å². The standard InChI is InChI=1S/C14H19N3/c1-16-6-4-11(9-16)10-17-7-5-12-2-3-13(15)8-14(12)17/h2-3,5,7-8,11H,4,6,9-10,15H2,1H3. The first kappa shape index (κ1) is 10.7. The van der Waals surface area contributed by atoms with Gasteiger partial charge in [-0.15, -0.1) is 0 Å². The molecule has 0 amide bonds. The van der Waals surface area contributed by atoms with Crippen molar-refractivity contribution in [3.63, 3.8) is 0 Å². The van der Waals surface area contributed by atoms with Crippen molar-refractivity contribution >= 4 is 16.6 Å². The predicted molar refractivity (Wildman–Crippen MR) is 72.0 cm³/mol. The van der Waals surface area contributed by atoms with E-state index in [4.69, 9.17) is 5.73 Å². The number of nitrogens with zero attached hydrogens (tertiary/aromatic N) is 2. The second kappa shape index (κ2) is 4.08. The van der Waals surface area contributed by atoms with Crippen LogP contribution >= 0.6 is 0 Å². The van der Waals surface area contributed by atoms with Gasteiger partial charge in [0.1, 0.15) is 0 Å². The second-order valence-electron chi connectivity index (χ2n) is 5.20. The number of aromatic nitrogens is 1. The van der Waals surface area contributed by atoms with Crippen LogP contribution in [0.25, 0.3) is 10.9 Å². The van der Waals surface area contributed by atoms with Gasteiger partial charge in [0.15, 0.2) is 0 Å². The van der Waals surface area contributed by atoms with Crippen LogP contribution in [-0.2, 0) is 6.54 Å². The maximum atomic E-state index is 5.86. The van der Waals surface area contributed by atoms with Crippen molar-refractivity contribution in [1.82, 2.24) is 9.47 Å². The third kappa shape index (κ3) is 2.03. The normalized spacial score (nSPS) is 21.4. The maximum Gasteiger partial charge on any atom is 0.0501 e. The molecule has 2 heterocycles. The summed E-state index contributed by atoms with van der Waals surface area (Å²) in [6.07, 6.45) is 3.49. The van der Waals surface area contributed by atoms with Crippen LogP contribution in [0.1, 0.15) is 6.42 Å². The summed E-state index contributed by atoms with van der Waals surface area (Å²) < 4.78 is 2.34. The Hall–Kier alpha value is -1.48. The molecule has 2 aromatic rings. The molecular weight excluding hydrogens is 210 g/mol. The lowest BCUT2D eigenvalue weighted by molar-refractivity contribution is 0.380. The monoisotopic (exact) mass is 229 g/mol. The second-order valence-corrected chi connectivity index (χ2v) is 5.20. The molecule has 0 spiro atoms. The number of likely N-dealkylation sites (tertiary alicyclic amines) is 1. The fourth-order valence-electron chi connectivity index (χ4n) is 2.81. The van der Waals surface area contributed by atoms with E-state index in [0.717, 1.165) is 18.2 Å². The first-order chi connectivity index (χ1) is 8.22. The van der Waals surface area contributed by atoms with Crippen LogP contribution in [0.5, 0.6) is 0 Å². The highest BCUT2D eigenvalue weighted by Gasteiger charge is 2.19. The number of rotatable bonds is 2. The van der Waals surface area contributed by atoms with Crippen molar-refractivity contribution < 1.29 is 0 Å². The van der Waals surface area contributed by atoms with Gasteiger partial charge < -0.3 is 15.2 Å². The SMILES string of the molecule is CN1CCC(Cn2ccc3ccc(N)cc32)C1. The number of nitrogen functional groups attached to an aromatic ring is 1. The van der Waals surface area contributed by atoms with Gasteiger partial charge in [-0.05, 0) is 49.5 Å². The summed E-state index contributed by atoms with van der Waals surface area (Å²) in [4.78, 5) is 2.41. The minimum absolute atomic E-state index is 0.775. The molecule has 1 saturated heterocycles. The van der Waals surface area contributed by atoms with E-state index in [1.54, 1.807) is 0 Å². The summed E-state index contributed by atoms with van der Waals surface area (Å²) in [5.74, 6) is 0.775. The Balaban J connectivity index is 1.87. The molecule has 0 radical (unpaired) electrons. The molecule has 17 heavy (non-hydrogen) atoms. The molecule has 2 N–H and O–H groups in total. The number of hydrogen-bond acceptors (Lipinski definition) is 2. The molecule has 1 unspecified atom stereocenters. The summed E-state index contributed by atoms with van der Waals surface area (Å²) in [5, 5.41) is 1.28. The van der Waals surface area contributed by atoms with Gasteiger partial charge in [0.25, 0.3) is 0 Å². The van der Waals surface area contributed by atoms with Crippen LogP contribution in [0.4, 0.5) is 5.69 Å². The maximum absolute atomic E-state index is 5.86. The number of anilines is 1. The van der Waals surface area contributed by atoms with E-state index in [-0.39, 0.29) is 0 Å². The average molecular weight is 229 g/mol. The minimum atomic E-state index is 0.775. The van der Waals surface area contributed by atoms with Crippen molar-refractivity contribution in [2.45, 2.75) is 13.0 Å². The Morgan fingerprint density at radius 2 is 2.24 bits per heavy atom. The topological polar surface area (TPSA) is 34.2 Å². The zero-order valence-corrected chi connectivity index (χ0v) is 10.3. The lowest BCUT2D eigenvalue weighted by Crippen LogP contribution is -2.16. The van der Waals surface area contributed by atoms with Gasteiger partial charge in [-0.3, -0.25) is 0 Å². The lowest BCUT2D eigenvalue weighted by Gasteiger charge is -2.12. The molecule has 1 aromatic heterocycles. The molecule has 1 aromatic carbocycles. The number of benzene rings is 1. The summed E-state index contributed by atoms with van der Waals surface area (Å²) in [7, 11) is 2.20. The highest BCUT2D eigenvalue weighted by Crippen LogP contribution is 2.22. The van der Waals surface area contributed by atoms with E-state index in [1.165, 1.54) is 30.4 Å². The van der Waals surface area contributed by atoms with E-state index >= 15 is 0 Å². The zero-order chi connectivity index (χ0) is 11.8. The van der Waals surface area contributed by atoms with Gasteiger partial charge in [0.2, 0.25) is 0 Å². The highest BCUT2D eigenvalue weighted by molar-refractivity contribution is 5.83. The molecular formula is C14H19N3. The van der Waals surface area contributed by atoms with Crippen LogP contribution in [0.15, 0.2) is 30.5 Å². The smallest absolute Gasteiger partial charge is 0.0501 e. The quantitative estimate of drug-likeness (QED) is 0.801. The number of hydrogen-bond donors (Lipinski definition) is 1. The Labute approximate surface area is 102 Å². The molecule has 0 aliphatic carbocycles. The molecule has 3 rings (SSSR count). The van der Waals surface area contributed by atoms with Gasteiger partial charge >= 0.3 is 0 Å². The van der Waals surface area contributed by atoms with Gasteiger partial charge in [0, 0.05) is 25.0 Å². The zero-order valence-electron chi connectivity index (χ0n) is 10.3. The molecule has 3 heteroatoms. The van der Waals surface area contributed by atoms with E-state index in [1.807, 2.05) is 6.07 Å². The van der Waals surface area contributed by atoms with Gasteiger partial charge in [-0.25, -0.2) is 0 Å². The Kier molecular flexibility index (Phi) is 2.56. The predicted octanol–water partition coefficient (Wildman–Crippen LogP) is 2.18. The van der Waals surface area contributed by atoms with Crippen molar-refractivity contribution in [1.29, 1.82) is 0 Å². The lowest BCUT2D eigenvalue weighted by atomic mass is 10.1. The molecule has 1 fully saturated rings. The highest BCUT2D eigenvalue weighted by atomic mass is 15.1. The van der Waals surface area contributed by atoms with E-state index in [2.05, 4.69) is 40.9 Å². The van der Waals surface area contributed by atoms with Crippen molar-refractivity contribution in [2.24, 2.45) is 5.92 Å². The first-order valence-corrected chi connectivity index (χ1v) is 6.25. The van der Waals surface area contributed by atoms with E-state index in [9.17, 15) is 0 Å². The number of fused-ring (bicyclic) bond motifs is 1. The van der Waals surface area contributed by atoms with E-state index in [0.29, 0.717) is 0 Å². The third-order valence-corrected chi connectivity index (χ3v) is 3.74. The Morgan fingerprint density at radius 1 is 1.35 bits per heavy atom. The molecule has 1 aliphatic rings. The van der Waals surface area contributed by atoms with Crippen LogP contribution in [0.3, 0.4) is 0 Å². The summed E-state index contributed by atoms with van der Waals surface area (Å²) >= 11 is 0. The first-order valence-electron chi connectivity index (χ1n) is 6.25. The van der Waals surface area contributed by atoms with Crippen LogP contribution < -0.4 is 5.73 Å². The Morgan fingerprint density at radius 3 is 3.00 bits per heavy atom. The van der Waals surface area contributed by atoms with Crippen LogP contribution in [-0.4, -0.2) is 29.6 Å². The summed E-state index contributed by atoms with van der Waals surface area (Å²) in [6.45, 7) is 3.55. The fraction of sp³-hybridized carbons (Fsp3) is 0.429. The molecule has 0 saturated carbocycles. The molecule has 90 valence electrons. The van der Waals surface area contributed by atoms with Gasteiger partial charge in [-0.2, -0.15) is 0 Å².